The Hall–Kier alpha value is -2.09. The summed E-state index contributed by atoms with van der Waals surface area (Å²) in [4.78, 5) is 12.5. The first-order valence-corrected chi connectivity index (χ1v) is 11.6. The number of rotatable bonds is 6. The second kappa shape index (κ2) is 9.61. The first-order chi connectivity index (χ1) is 13.9. The molecule has 1 aliphatic heterocycles. The largest absolute Gasteiger partial charge is 0.334 e. The number of halogens is 1. The average molecular weight is 436 g/mol. The number of nitrogens with one attached hydrogen (secondary N) is 2. The van der Waals surface area contributed by atoms with Crippen LogP contribution in [-0.4, -0.2) is 31.8 Å². The Balaban J connectivity index is 1.54. The Bertz CT molecular complexity index is 942. The first kappa shape index (κ1) is 21.6. The zero-order valence-electron chi connectivity index (χ0n) is 16.4. The van der Waals surface area contributed by atoms with E-state index in [0.717, 1.165) is 30.4 Å². The van der Waals surface area contributed by atoms with Crippen molar-refractivity contribution in [1.82, 2.24) is 14.9 Å². The summed E-state index contributed by atoms with van der Waals surface area (Å²) in [5.74, 6) is 0. The van der Waals surface area contributed by atoms with Crippen molar-refractivity contribution in [2.45, 2.75) is 43.7 Å². The molecule has 1 fully saturated rings. The molecule has 0 unspecified atom stereocenters. The molecule has 1 aliphatic rings. The smallest absolute Gasteiger partial charge is 0.315 e. The molecule has 0 saturated carbocycles. The Kier molecular flexibility index (Phi) is 7.16. The maximum Gasteiger partial charge on any atom is 0.315 e. The minimum absolute atomic E-state index is 0.189. The highest BCUT2D eigenvalue weighted by molar-refractivity contribution is 7.89. The van der Waals surface area contributed by atoms with Crippen LogP contribution >= 0.6 is 11.6 Å². The molecule has 6 nitrogen and oxygen atoms in total. The van der Waals surface area contributed by atoms with E-state index in [0.29, 0.717) is 29.6 Å². The topological polar surface area (TPSA) is 78.5 Å². The monoisotopic (exact) mass is 435 g/mol. The van der Waals surface area contributed by atoms with E-state index < -0.39 is 10.0 Å². The molecule has 1 heterocycles. The lowest BCUT2D eigenvalue weighted by atomic mass is 10.1. The zero-order valence-corrected chi connectivity index (χ0v) is 18.0. The van der Waals surface area contributed by atoms with Gasteiger partial charge in [0, 0.05) is 24.7 Å². The van der Waals surface area contributed by atoms with Gasteiger partial charge in [-0.05, 0) is 55.2 Å². The minimum atomic E-state index is -3.44. The summed E-state index contributed by atoms with van der Waals surface area (Å²) in [5, 5.41) is 6.28. The molecular weight excluding hydrogens is 410 g/mol. The number of amides is 2. The molecule has 156 valence electrons. The SMILES string of the molecule is C[C@H](NC(=O)NCc1ccc(S(=O)(=O)N2CCCCC2)cc1)c1cccc(Cl)c1. The number of carbonyl (C=O) groups excluding carboxylic acids is 1. The number of carbonyl (C=O) groups is 1. The second-order valence-electron chi connectivity index (χ2n) is 7.21. The molecule has 29 heavy (non-hydrogen) atoms. The Morgan fingerprint density at radius 3 is 2.45 bits per heavy atom. The van der Waals surface area contributed by atoms with Crippen LogP contribution in [0.4, 0.5) is 4.79 Å². The lowest BCUT2D eigenvalue weighted by Crippen LogP contribution is -2.36. The van der Waals surface area contributed by atoms with Crippen LogP contribution in [0.1, 0.15) is 43.4 Å². The lowest BCUT2D eigenvalue weighted by Gasteiger charge is -2.25. The molecule has 0 spiro atoms. The number of benzene rings is 2. The highest BCUT2D eigenvalue weighted by Gasteiger charge is 2.25. The standard InChI is InChI=1S/C21H26ClN3O3S/c1-16(18-6-5-7-19(22)14-18)24-21(26)23-15-17-8-10-20(11-9-17)29(27,28)25-12-3-2-4-13-25/h5-11,14,16H,2-4,12-13,15H2,1H3,(H2,23,24,26)/t16-/m0/s1. The molecule has 0 aromatic heterocycles. The van der Waals surface area contributed by atoms with Gasteiger partial charge < -0.3 is 10.6 Å². The number of urea groups is 1. The van der Waals surface area contributed by atoms with E-state index in [1.54, 1.807) is 34.6 Å². The van der Waals surface area contributed by atoms with Crippen molar-refractivity contribution in [3.8, 4) is 0 Å². The van der Waals surface area contributed by atoms with E-state index in [4.69, 9.17) is 11.6 Å². The zero-order chi connectivity index (χ0) is 20.9. The van der Waals surface area contributed by atoms with Crippen LogP contribution in [0.3, 0.4) is 0 Å². The fourth-order valence-electron chi connectivity index (χ4n) is 3.32. The molecule has 8 heteroatoms. The maximum atomic E-state index is 12.7. The summed E-state index contributed by atoms with van der Waals surface area (Å²) in [6.07, 6.45) is 2.89. The van der Waals surface area contributed by atoms with E-state index in [1.165, 1.54) is 0 Å². The number of nitrogens with zero attached hydrogens (tertiary/aromatic N) is 1. The number of hydrogen-bond donors (Lipinski definition) is 2. The van der Waals surface area contributed by atoms with Crippen LogP contribution in [0.5, 0.6) is 0 Å². The predicted octanol–water partition coefficient (Wildman–Crippen LogP) is 4.08. The molecule has 3 rings (SSSR count). The number of sulfonamides is 1. The van der Waals surface area contributed by atoms with Crippen LogP contribution < -0.4 is 10.6 Å². The summed E-state index contributed by atoms with van der Waals surface area (Å²) in [6.45, 7) is 3.34. The lowest BCUT2D eigenvalue weighted by molar-refractivity contribution is 0.237. The number of piperidine rings is 1. The van der Waals surface area contributed by atoms with Crippen LogP contribution in [-0.2, 0) is 16.6 Å². The molecule has 2 amide bonds. The summed E-state index contributed by atoms with van der Waals surface area (Å²) in [7, 11) is -3.44. The van der Waals surface area contributed by atoms with Gasteiger partial charge in [-0.1, -0.05) is 42.3 Å². The van der Waals surface area contributed by atoms with Gasteiger partial charge in [0.2, 0.25) is 10.0 Å². The van der Waals surface area contributed by atoms with Crippen LogP contribution in [0, 0.1) is 0 Å². The van der Waals surface area contributed by atoms with Crippen molar-refractivity contribution in [1.29, 1.82) is 0 Å². The third-order valence-corrected chi connectivity index (χ3v) is 7.17. The van der Waals surface area contributed by atoms with Crippen LogP contribution in [0.25, 0.3) is 0 Å². The molecule has 0 bridgehead atoms. The molecule has 2 aromatic carbocycles. The van der Waals surface area contributed by atoms with Gasteiger partial charge in [-0.15, -0.1) is 0 Å². The van der Waals surface area contributed by atoms with E-state index in [-0.39, 0.29) is 12.1 Å². The van der Waals surface area contributed by atoms with Gasteiger partial charge in [-0.3, -0.25) is 0 Å². The van der Waals surface area contributed by atoms with Gasteiger partial charge in [0.15, 0.2) is 0 Å². The van der Waals surface area contributed by atoms with Crippen LogP contribution in [0.15, 0.2) is 53.4 Å². The van der Waals surface area contributed by atoms with Gasteiger partial charge in [0.25, 0.3) is 0 Å². The van der Waals surface area contributed by atoms with Crippen molar-refractivity contribution in [3.05, 3.63) is 64.7 Å². The normalized spacial score (nSPS) is 16.2. The van der Waals surface area contributed by atoms with Crippen molar-refractivity contribution < 1.29 is 13.2 Å². The summed E-state index contributed by atoms with van der Waals surface area (Å²) in [5.41, 5.74) is 1.74. The fourth-order valence-corrected chi connectivity index (χ4v) is 5.04. The van der Waals surface area contributed by atoms with Crippen LogP contribution in [0.2, 0.25) is 5.02 Å². The van der Waals surface area contributed by atoms with Gasteiger partial charge in [0.05, 0.1) is 10.9 Å². The van der Waals surface area contributed by atoms with Crippen molar-refractivity contribution in [2.75, 3.05) is 13.1 Å². The molecule has 1 saturated heterocycles. The highest BCUT2D eigenvalue weighted by Crippen LogP contribution is 2.21. The average Bonchev–Trinajstić information content (AvgIpc) is 2.73. The Labute approximate surface area is 177 Å². The first-order valence-electron chi connectivity index (χ1n) is 9.75. The van der Waals surface area contributed by atoms with Crippen molar-refractivity contribution in [2.24, 2.45) is 0 Å². The molecular formula is C21H26ClN3O3S. The summed E-state index contributed by atoms with van der Waals surface area (Å²) >= 11 is 5.99. The highest BCUT2D eigenvalue weighted by atomic mass is 35.5. The van der Waals surface area contributed by atoms with E-state index in [2.05, 4.69) is 10.6 Å². The van der Waals surface area contributed by atoms with E-state index >= 15 is 0 Å². The number of hydrogen-bond acceptors (Lipinski definition) is 3. The third-order valence-electron chi connectivity index (χ3n) is 5.03. The minimum Gasteiger partial charge on any atom is -0.334 e. The van der Waals surface area contributed by atoms with E-state index in [1.807, 2.05) is 25.1 Å². The quantitative estimate of drug-likeness (QED) is 0.717. The second-order valence-corrected chi connectivity index (χ2v) is 9.59. The van der Waals surface area contributed by atoms with Gasteiger partial charge in [0.1, 0.15) is 0 Å². The molecule has 2 N–H and O–H groups in total. The summed E-state index contributed by atoms with van der Waals surface area (Å²) < 4.78 is 26.9. The van der Waals surface area contributed by atoms with Gasteiger partial charge in [-0.2, -0.15) is 4.31 Å². The molecule has 1 atom stereocenters. The third kappa shape index (κ3) is 5.72. The van der Waals surface area contributed by atoms with Crippen molar-refractivity contribution >= 4 is 27.7 Å². The van der Waals surface area contributed by atoms with Gasteiger partial charge >= 0.3 is 6.03 Å². The molecule has 0 aliphatic carbocycles. The fraction of sp³-hybridized carbons (Fsp3) is 0.381. The Morgan fingerprint density at radius 1 is 1.10 bits per heavy atom. The van der Waals surface area contributed by atoms with Gasteiger partial charge in [-0.25, -0.2) is 13.2 Å². The molecule has 0 radical (unpaired) electrons. The predicted molar refractivity (Wildman–Crippen MR) is 114 cm³/mol. The van der Waals surface area contributed by atoms with Crippen molar-refractivity contribution in [3.63, 3.8) is 0 Å². The Morgan fingerprint density at radius 2 is 1.79 bits per heavy atom. The molecule has 2 aromatic rings. The van der Waals surface area contributed by atoms with E-state index in [9.17, 15) is 13.2 Å². The maximum absolute atomic E-state index is 12.7. The summed E-state index contributed by atoms with van der Waals surface area (Å²) in [6, 6.07) is 13.5.